The molecule has 2 aliphatic rings. The average molecular weight is 231 g/mol. The highest BCUT2D eigenvalue weighted by molar-refractivity contribution is 6.42. The summed E-state index contributed by atoms with van der Waals surface area (Å²) >= 11 is 5.77. The number of aliphatic imine (C=N–C) groups is 1. The van der Waals surface area contributed by atoms with Gasteiger partial charge in [0.2, 0.25) is 6.29 Å². The van der Waals surface area contributed by atoms with Gasteiger partial charge in [-0.1, -0.05) is 25.4 Å². The van der Waals surface area contributed by atoms with Crippen LogP contribution in [0.25, 0.3) is 0 Å². The zero-order chi connectivity index (χ0) is 11.6. The number of carbonyl (C=O) groups excluding carboxylic acids is 1. The number of halogens is 1. The van der Waals surface area contributed by atoms with E-state index in [0.717, 1.165) is 0 Å². The van der Waals surface area contributed by atoms with Gasteiger partial charge in [-0.2, -0.15) is 0 Å². The number of rotatable bonds is 0. The van der Waals surface area contributed by atoms with E-state index in [1.807, 2.05) is 13.8 Å². The molecule has 1 unspecified atom stereocenters. The Hall–Kier alpha value is -1.23. The van der Waals surface area contributed by atoms with Crippen molar-refractivity contribution < 1.29 is 4.79 Å². The summed E-state index contributed by atoms with van der Waals surface area (Å²) in [7, 11) is 0. The maximum atomic E-state index is 11.5. The van der Waals surface area contributed by atoms with E-state index in [2.05, 4.69) is 15.7 Å². The van der Waals surface area contributed by atoms with Gasteiger partial charge in [-0.05, 0) is 13.8 Å². The Morgan fingerprint density at radius 1 is 1.40 bits per heavy atom. The van der Waals surface area contributed by atoms with Gasteiger partial charge in [-0.25, -0.2) is 10.0 Å². The number of fused-ring (bicyclic) bond motifs is 1. The molecule has 2 heterocycles. The number of hydrogen-bond donors (Lipinski definition) is 2. The molecular formula is C9H15ClN4O. The predicted octanol–water partition coefficient (Wildman–Crippen LogP) is 1.13. The summed E-state index contributed by atoms with van der Waals surface area (Å²) in [6.07, 6.45) is -0.352. The summed E-state index contributed by atoms with van der Waals surface area (Å²) < 4.78 is 0. The van der Waals surface area contributed by atoms with Gasteiger partial charge in [0.05, 0.1) is 0 Å². The van der Waals surface area contributed by atoms with Gasteiger partial charge in [0.25, 0.3) is 5.91 Å². The lowest BCUT2D eigenvalue weighted by Gasteiger charge is -2.29. The van der Waals surface area contributed by atoms with E-state index in [1.165, 1.54) is 5.01 Å². The van der Waals surface area contributed by atoms with Crippen LogP contribution in [0.15, 0.2) is 15.7 Å². The third kappa shape index (κ3) is 2.07. The molecule has 0 aromatic carbocycles. The topological polar surface area (TPSA) is 56.7 Å². The molecule has 0 aliphatic carbocycles. The first-order valence-electron chi connectivity index (χ1n) is 4.87. The molecule has 1 atom stereocenters. The average Bonchev–Trinajstić information content (AvgIpc) is 2.59. The molecule has 0 spiro atoms. The summed E-state index contributed by atoms with van der Waals surface area (Å²) in [5.41, 5.74) is 3.47. The number of hydrogen-bond acceptors (Lipinski definition) is 4. The number of hydrazine groups is 1. The monoisotopic (exact) mass is 230 g/mol. The summed E-state index contributed by atoms with van der Waals surface area (Å²) in [6, 6.07) is 0. The first kappa shape index (κ1) is 11.8. The summed E-state index contributed by atoms with van der Waals surface area (Å²) in [4.78, 5) is 15.7. The van der Waals surface area contributed by atoms with Gasteiger partial charge in [0.1, 0.15) is 10.9 Å². The van der Waals surface area contributed by atoms with Crippen molar-refractivity contribution in [3.8, 4) is 0 Å². The largest absolute Gasteiger partial charge is 0.347 e. The molecule has 0 radical (unpaired) electrons. The third-order valence-electron chi connectivity index (χ3n) is 1.92. The Balaban J connectivity index is 0.000000531. The minimum absolute atomic E-state index is 0.202. The highest BCUT2D eigenvalue weighted by Crippen LogP contribution is 2.20. The van der Waals surface area contributed by atoms with E-state index >= 15 is 0 Å². The van der Waals surface area contributed by atoms with E-state index < -0.39 is 0 Å². The number of nitrogens with one attached hydrogen (secondary N) is 2. The van der Waals surface area contributed by atoms with E-state index in [1.54, 1.807) is 13.8 Å². The number of nitrogens with zero attached hydrogens (tertiary/aromatic N) is 2. The maximum Gasteiger partial charge on any atom is 0.289 e. The van der Waals surface area contributed by atoms with Crippen LogP contribution >= 0.6 is 11.6 Å². The van der Waals surface area contributed by atoms with Crippen LogP contribution in [0.1, 0.15) is 27.7 Å². The first-order chi connectivity index (χ1) is 7.09. The van der Waals surface area contributed by atoms with Gasteiger partial charge in [-0.15, -0.1) is 0 Å². The number of amides is 1. The van der Waals surface area contributed by atoms with Crippen molar-refractivity contribution in [1.82, 2.24) is 15.8 Å². The summed E-state index contributed by atoms with van der Waals surface area (Å²) in [6.45, 7) is 7.54. The zero-order valence-electron chi connectivity index (χ0n) is 9.26. The van der Waals surface area contributed by atoms with Crippen molar-refractivity contribution in [2.24, 2.45) is 4.99 Å². The molecule has 2 aliphatic heterocycles. The van der Waals surface area contributed by atoms with Crippen molar-refractivity contribution >= 4 is 23.3 Å². The zero-order valence-corrected chi connectivity index (χ0v) is 10.0. The second-order valence-electron chi connectivity index (χ2n) is 2.96. The van der Waals surface area contributed by atoms with Gasteiger partial charge in [0.15, 0.2) is 0 Å². The van der Waals surface area contributed by atoms with Crippen molar-refractivity contribution in [3.63, 3.8) is 0 Å². The molecule has 0 aromatic heterocycles. The molecule has 0 aromatic rings. The Morgan fingerprint density at radius 3 is 2.60 bits per heavy atom. The second kappa shape index (κ2) is 4.53. The Kier molecular flexibility index (Phi) is 3.57. The Labute approximate surface area is 94.2 Å². The molecule has 0 saturated carbocycles. The van der Waals surface area contributed by atoms with Crippen LogP contribution < -0.4 is 10.7 Å². The molecular weight excluding hydrogens is 216 g/mol. The molecule has 0 saturated heterocycles. The maximum absolute atomic E-state index is 11.5. The van der Waals surface area contributed by atoms with Crippen LogP contribution in [0, 0.1) is 0 Å². The highest BCUT2D eigenvalue weighted by Gasteiger charge is 2.35. The fourth-order valence-corrected chi connectivity index (χ4v) is 1.43. The van der Waals surface area contributed by atoms with Gasteiger partial charge >= 0.3 is 0 Å². The lowest BCUT2D eigenvalue weighted by atomic mass is 10.3. The molecule has 2 N–H and O–H groups in total. The standard InChI is InChI=1S/C7H9ClN4O.C2H6/c1-3-5(8)6(13)12-7(9-3)10-4(2)11-12;1-2/h7,9H,1-2H3,(H,10,11);1-2H3. The molecule has 5 nitrogen and oxygen atoms in total. The van der Waals surface area contributed by atoms with Crippen LogP contribution in [-0.4, -0.2) is 23.0 Å². The van der Waals surface area contributed by atoms with Crippen LogP contribution in [0.3, 0.4) is 0 Å². The molecule has 1 amide bonds. The molecule has 2 rings (SSSR count). The predicted molar refractivity (Wildman–Crippen MR) is 59.9 cm³/mol. The third-order valence-corrected chi connectivity index (χ3v) is 2.37. The lowest BCUT2D eigenvalue weighted by molar-refractivity contribution is -0.131. The van der Waals surface area contributed by atoms with E-state index in [4.69, 9.17) is 11.6 Å². The first-order valence-corrected chi connectivity index (χ1v) is 5.25. The van der Waals surface area contributed by atoms with Gasteiger partial charge in [-0.3, -0.25) is 10.2 Å². The normalized spacial score (nSPS) is 23.5. The van der Waals surface area contributed by atoms with Crippen LogP contribution in [0.2, 0.25) is 0 Å². The second-order valence-corrected chi connectivity index (χ2v) is 3.34. The van der Waals surface area contributed by atoms with Crippen LogP contribution in [0.5, 0.6) is 0 Å². The SMILES string of the molecule is CC.CC1=NC2NC(C)=C(Cl)C(=O)N2N1. The van der Waals surface area contributed by atoms with E-state index in [0.29, 0.717) is 11.5 Å². The summed E-state index contributed by atoms with van der Waals surface area (Å²) in [5, 5.41) is 4.56. The number of allylic oxidation sites excluding steroid dienone is 1. The van der Waals surface area contributed by atoms with Crippen molar-refractivity contribution in [2.75, 3.05) is 0 Å². The minimum atomic E-state index is -0.352. The summed E-state index contributed by atoms with van der Waals surface area (Å²) in [5.74, 6) is 0.452. The van der Waals surface area contributed by atoms with Crippen LogP contribution in [0.4, 0.5) is 0 Å². The fourth-order valence-electron chi connectivity index (χ4n) is 1.29. The Bertz CT molecular complexity index is 337. The molecule has 0 bridgehead atoms. The van der Waals surface area contributed by atoms with Gasteiger partial charge < -0.3 is 5.32 Å². The number of carbonyl (C=O) groups is 1. The minimum Gasteiger partial charge on any atom is -0.347 e. The Morgan fingerprint density at radius 2 is 2.00 bits per heavy atom. The molecule has 6 heteroatoms. The smallest absolute Gasteiger partial charge is 0.289 e. The molecule has 84 valence electrons. The quantitative estimate of drug-likeness (QED) is 0.656. The van der Waals surface area contributed by atoms with Crippen molar-refractivity contribution in [1.29, 1.82) is 0 Å². The lowest BCUT2D eigenvalue weighted by Crippen LogP contribution is -2.53. The van der Waals surface area contributed by atoms with Crippen molar-refractivity contribution in [2.45, 2.75) is 34.0 Å². The molecule has 15 heavy (non-hydrogen) atoms. The fraction of sp³-hybridized carbons (Fsp3) is 0.556. The van der Waals surface area contributed by atoms with E-state index in [-0.39, 0.29) is 17.2 Å². The van der Waals surface area contributed by atoms with E-state index in [9.17, 15) is 4.79 Å². The molecule has 0 fully saturated rings. The van der Waals surface area contributed by atoms with Crippen molar-refractivity contribution in [3.05, 3.63) is 10.7 Å². The van der Waals surface area contributed by atoms with Crippen LogP contribution in [-0.2, 0) is 4.79 Å². The number of amidine groups is 1. The highest BCUT2D eigenvalue weighted by atomic mass is 35.5. The van der Waals surface area contributed by atoms with Gasteiger partial charge in [0, 0.05) is 5.70 Å².